The summed E-state index contributed by atoms with van der Waals surface area (Å²) in [5.74, 6) is -0.0427. The van der Waals surface area contributed by atoms with Crippen molar-refractivity contribution in [3.8, 4) is 0 Å². The lowest BCUT2D eigenvalue weighted by atomic mass is 9.49. The predicted octanol–water partition coefficient (Wildman–Crippen LogP) is 1.41. The van der Waals surface area contributed by atoms with Crippen LogP contribution in [0.2, 0.25) is 0 Å². The Labute approximate surface area is 113 Å². The molecule has 6 atom stereocenters. The van der Waals surface area contributed by atoms with Gasteiger partial charge in [-0.15, -0.1) is 0 Å². The third kappa shape index (κ3) is 1.50. The zero-order valence-corrected chi connectivity index (χ0v) is 11.6. The molecule has 0 aromatic rings. The smallest absolute Gasteiger partial charge is 0.334 e. The molecule has 1 heterocycles. The molecule has 0 spiro atoms. The van der Waals surface area contributed by atoms with Crippen molar-refractivity contribution in [2.75, 3.05) is 0 Å². The summed E-state index contributed by atoms with van der Waals surface area (Å²) in [5, 5.41) is 21.3. The van der Waals surface area contributed by atoms with Gasteiger partial charge in [-0.25, -0.2) is 4.79 Å². The Bertz CT molecular complexity index is 445. The van der Waals surface area contributed by atoms with Gasteiger partial charge in [0.15, 0.2) is 0 Å². The second-order valence-electron chi connectivity index (χ2n) is 6.82. The molecule has 0 unspecified atom stereocenters. The van der Waals surface area contributed by atoms with Gasteiger partial charge >= 0.3 is 5.97 Å². The summed E-state index contributed by atoms with van der Waals surface area (Å²) in [6, 6.07) is 0. The molecule has 0 aromatic carbocycles. The molecule has 2 N–H and O–H groups in total. The number of carbonyl (C=O) groups is 1. The van der Waals surface area contributed by atoms with Crippen LogP contribution in [0.3, 0.4) is 0 Å². The first-order valence-electron chi connectivity index (χ1n) is 7.10. The van der Waals surface area contributed by atoms with Gasteiger partial charge in [-0.3, -0.25) is 0 Å². The highest BCUT2D eigenvalue weighted by molar-refractivity contribution is 5.90. The molecule has 3 fully saturated rings. The monoisotopic (exact) mass is 266 g/mol. The number of hydrogen-bond donors (Lipinski definition) is 2. The standard InChI is InChI=1S/C15H22O4/c1-8-4-5-12(16)15(18)7-11-10(6-14(8,15)3)9(2)13(17)19-11/h8,10-12,16,18H,2,4-7H2,1,3H3/t8-,10+,11+,12+,14+,15-/m0/s1. The van der Waals surface area contributed by atoms with Crippen molar-refractivity contribution >= 4 is 5.97 Å². The van der Waals surface area contributed by atoms with Crippen LogP contribution in [-0.2, 0) is 9.53 Å². The molecule has 2 aliphatic carbocycles. The number of esters is 1. The molecular formula is C15H22O4. The Kier molecular flexibility index (Phi) is 2.64. The van der Waals surface area contributed by atoms with Crippen molar-refractivity contribution in [2.45, 2.75) is 57.3 Å². The lowest BCUT2D eigenvalue weighted by Crippen LogP contribution is -2.65. The van der Waals surface area contributed by atoms with Gasteiger partial charge in [0.2, 0.25) is 0 Å². The van der Waals surface area contributed by atoms with Gasteiger partial charge < -0.3 is 14.9 Å². The number of carbonyl (C=O) groups excluding carboxylic acids is 1. The van der Waals surface area contributed by atoms with E-state index < -0.39 is 11.7 Å². The first kappa shape index (κ1) is 13.1. The molecule has 106 valence electrons. The first-order valence-corrected chi connectivity index (χ1v) is 7.10. The van der Waals surface area contributed by atoms with Gasteiger partial charge in [0.1, 0.15) is 6.10 Å². The van der Waals surface area contributed by atoms with Crippen LogP contribution in [-0.4, -0.2) is 34.0 Å². The van der Waals surface area contributed by atoms with Crippen LogP contribution in [0.1, 0.15) is 39.5 Å². The topological polar surface area (TPSA) is 66.8 Å². The average molecular weight is 266 g/mol. The van der Waals surface area contributed by atoms with E-state index in [9.17, 15) is 15.0 Å². The number of rotatable bonds is 0. The Hall–Kier alpha value is -0.870. The van der Waals surface area contributed by atoms with Crippen LogP contribution >= 0.6 is 0 Å². The Morgan fingerprint density at radius 2 is 2.05 bits per heavy atom. The zero-order chi connectivity index (χ0) is 14.0. The quantitative estimate of drug-likeness (QED) is 0.514. The normalized spacial score (nSPS) is 53.5. The number of hydrogen-bond acceptors (Lipinski definition) is 4. The van der Waals surface area contributed by atoms with E-state index in [1.54, 1.807) is 0 Å². The number of aliphatic hydroxyl groups is 2. The van der Waals surface area contributed by atoms with Crippen LogP contribution < -0.4 is 0 Å². The van der Waals surface area contributed by atoms with E-state index in [0.717, 1.165) is 6.42 Å². The van der Waals surface area contributed by atoms with Gasteiger partial charge in [0.05, 0.1) is 11.7 Å². The van der Waals surface area contributed by atoms with E-state index in [4.69, 9.17) is 4.74 Å². The summed E-state index contributed by atoms with van der Waals surface area (Å²) >= 11 is 0. The van der Waals surface area contributed by atoms with Crippen LogP contribution in [0.15, 0.2) is 12.2 Å². The van der Waals surface area contributed by atoms with Gasteiger partial charge in [0, 0.05) is 23.3 Å². The molecule has 0 amide bonds. The highest BCUT2D eigenvalue weighted by atomic mass is 16.6. The maximum Gasteiger partial charge on any atom is 0.334 e. The van der Waals surface area contributed by atoms with E-state index in [-0.39, 0.29) is 23.4 Å². The molecule has 0 aromatic heterocycles. The van der Waals surface area contributed by atoms with Crippen molar-refractivity contribution in [1.82, 2.24) is 0 Å². The SMILES string of the molecule is C=C1C(=O)O[C@@H]2C[C@]3(O)[C@H](O)CC[C@H](C)[C@@]3(C)C[C@H]12. The fourth-order valence-corrected chi connectivity index (χ4v) is 4.39. The minimum absolute atomic E-state index is 0.00877. The lowest BCUT2D eigenvalue weighted by molar-refractivity contribution is -0.237. The molecule has 4 heteroatoms. The molecule has 0 radical (unpaired) electrons. The first-order chi connectivity index (χ1) is 8.79. The van der Waals surface area contributed by atoms with Gasteiger partial charge in [-0.2, -0.15) is 0 Å². The average Bonchev–Trinajstić information content (AvgIpc) is 2.61. The van der Waals surface area contributed by atoms with Crippen molar-refractivity contribution < 1.29 is 19.7 Å². The van der Waals surface area contributed by atoms with Crippen molar-refractivity contribution in [3.63, 3.8) is 0 Å². The highest BCUT2D eigenvalue weighted by Crippen LogP contribution is 2.59. The van der Waals surface area contributed by atoms with E-state index in [0.29, 0.717) is 30.8 Å². The van der Waals surface area contributed by atoms with E-state index >= 15 is 0 Å². The summed E-state index contributed by atoms with van der Waals surface area (Å²) in [7, 11) is 0. The summed E-state index contributed by atoms with van der Waals surface area (Å²) in [6.45, 7) is 7.99. The fraction of sp³-hybridized carbons (Fsp3) is 0.800. The largest absolute Gasteiger partial charge is 0.458 e. The molecule has 1 aliphatic heterocycles. The van der Waals surface area contributed by atoms with Crippen molar-refractivity contribution in [3.05, 3.63) is 12.2 Å². The number of ether oxygens (including phenoxy) is 1. The molecule has 3 rings (SSSR count). The number of aliphatic hydroxyl groups excluding tert-OH is 1. The number of fused-ring (bicyclic) bond motifs is 2. The van der Waals surface area contributed by atoms with E-state index in [2.05, 4.69) is 13.5 Å². The molecule has 4 nitrogen and oxygen atoms in total. The van der Waals surface area contributed by atoms with Crippen molar-refractivity contribution in [1.29, 1.82) is 0 Å². The Balaban J connectivity index is 2.01. The molecule has 1 saturated heterocycles. The Morgan fingerprint density at radius 1 is 1.37 bits per heavy atom. The molecule has 19 heavy (non-hydrogen) atoms. The minimum atomic E-state index is -1.16. The third-order valence-electron chi connectivity index (χ3n) is 6.07. The van der Waals surface area contributed by atoms with Crippen LogP contribution in [0, 0.1) is 17.3 Å². The molecule has 0 bridgehead atoms. The maximum absolute atomic E-state index is 11.7. The summed E-state index contributed by atoms with van der Waals surface area (Å²) in [6.07, 6.45) is 1.44. The van der Waals surface area contributed by atoms with Gasteiger partial charge in [0.25, 0.3) is 0 Å². The van der Waals surface area contributed by atoms with Crippen LogP contribution in [0.5, 0.6) is 0 Å². The van der Waals surface area contributed by atoms with Crippen molar-refractivity contribution in [2.24, 2.45) is 17.3 Å². The fourth-order valence-electron chi connectivity index (χ4n) is 4.39. The third-order valence-corrected chi connectivity index (χ3v) is 6.07. The molecule has 3 aliphatic rings. The summed E-state index contributed by atoms with van der Waals surface area (Å²) in [4.78, 5) is 11.7. The predicted molar refractivity (Wildman–Crippen MR) is 69.2 cm³/mol. The van der Waals surface area contributed by atoms with Crippen LogP contribution in [0.4, 0.5) is 0 Å². The van der Waals surface area contributed by atoms with E-state index in [1.807, 2.05) is 6.92 Å². The van der Waals surface area contributed by atoms with E-state index in [1.165, 1.54) is 0 Å². The molecular weight excluding hydrogens is 244 g/mol. The maximum atomic E-state index is 11.7. The zero-order valence-electron chi connectivity index (χ0n) is 11.6. The van der Waals surface area contributed by atoms with Gasteiger partial charge in [-0.1, -0.05) is 20.4 Å². The summed E-state index contributed by atoms with van der Waals surface area (Å²) in [5.41, 5.74) is -1.01. The van der Waals surface area contributed by atoms with Gasteiger partial charge in [-0.05, 0) is 25.2 Å². The second kappa shape index (κ2) is 3.83. The lowest BCUT2D eigenvalue weighted by Gasteiger charge is -2.59. The Morgan fingerprint density at radius 3 is 2.74 bits per heavy atom. The minimum Gasteiger partial charge on any atom is -0.458 e. The molecule has 2 saturated carbocycles. The summed E-state index contributed by atoms with van der Waals surface area (Å²) < 4.78 is 5.31. The second-order valence-corrected chi connectivity index (χ2v) is 6.82. The van der Waals surface area contributed by atoms with Crippen LogP contribution in [0.25, 0.3) is 0 Å². The highest BCUT2D eigenvalue weighted by Gasteiger charge is 2.64.